The van der Waals surface area contributed by atoms with Crippen molar-refractivity contribution >= 4 is 42.4 Å². The minimum atomic E-state index is -4.61. The van der Waals surface area contributed by atoms with Crippen molar-refractivity contribution in [2.24, 2.45) is 0 Å². The van der Waals surface area contributed by atoms with Crippen LogP contribution in [0, 0.1) is 6.92 Å². The number of hydrogen-bond donors (Lipinski definition) is 0. The topological polar surface area (TPSA) is 57.2 Å². The second-order valence-corrected chi connectivity index (χ2v) is 6.98. The van der Waals surface area contributed by atoms with Gasteiger partial charge >= 0.3 is 0 Å². The van der Waals surface area contributed by atoms with Crippen molar-refractivity contribution in [2.45, 2.75) is 11.8 Å². The molecular formula is C19H13O3S-. The molecule has 0 atom stereocenters. The summed E-state index contributed by atoms with van der Waals surface area (Å²) in [6.45, 7) is 1.96. The van der Waals surface area contributed by atoms with Gasteiger partial charge in [-0.1, -0.05) is 60.7 Å². The summed E-state index contributed by atoms with van der Waals surface area (Å²) in [7, 11) is -4.61. The largest absolute Gasteiger partial charge is 0.744 e. The first-order chi connectivity index (χ1) is 11.0. The van der Waals surface area contributed by atoms with E-state index in [9.17, 15) is 13.0 Å². The third-order valence-electron chi connectivity index (χ3n) is 4.39. The van der Waals surface area contributed by atoms with E-state index in [4.69, 9.17) is 0 Å². The molecule has 0 spiro atoms. The Hall–Kier alpha value is -2.43. The molecule has 0 saturated heterocycles. The monoisotopic (exact) mass is 321 g/mol. The van der Waals surface area contributed by atoms with E-state index >= 15 is 0 Å². The number of aryl methyl sites for hydroxylation is 1. The summed E-state index contributed by atoms with van der Waals surface area (Å²) < 4.78 is 36.2. The maximum atomic E-state index is 12.1. The van der Waals surface area contributed by atoms with Crippen molar-refractivity contribution in [3.63, 3.8) is 0 Å². The fraction of sp³-hybridized carbons (Fsp3) is 0.0526. The number of rotatable bonds is 1. The summed E-state index contributed by atoms with van der Waals surface area (Å²) in [6, 6.07) is 18.6. The molecule has 4 aromatic carbocycles. The van der Waals surface area contributed by atoms with Crippen molar-refractivity contribution in [1.29, 1.82) is 0 Å². The summed E-state index contributed by atoms with van der Waals surface area (Å²) in [5.74, 6) is 0. The third-order valence-corrected chi connectivity index (χ3v) is 5.31. The maximum Gasteiger partial charge on any atom is 0.125 e. The van der Waals surface area contributed by atoms with Crippen molar-refractivity contribution in [3.8, 4) is 0 Å². The lowest BCUT2D eigenvalue weighted by atomic mass is 9.94. The van der Waals surface area contributed by atoms with Crippen molar-refractivity contribution in [3.05, 3.63) is 66.2 Å². The van der Waals surface area contributed by atoms with E-state index in [1.165, 1.54) is 0 Å². The molecule has 0 aliphatic carbocycles. The van der Waals surface area contributed by atoms with Gasteiger partial charge in [0.1, 0.15) is 10.1 Å². The van der Waals surface area contributed by atoms with E-state index in [1.54, 1.807) is 12.1 Å². The fourth-order valence-electron chi connectivity index (χ4n) is 3.38. The average molecular weight is 321 g/mol. The molecule has 4 rings (SSSR count). The minimum absolute atomic E-state index is 0.120. The average Bonchev–Trinajstić information content (AvgIpc) is 2.54. The summed E-state index contributed by atoms with van der Waals surface area (Å²) in [5.41, 5.74) is 0.980. The van der Waals surface area contributed by atoms with Crippen molar-refractivity contribution in [2.75, 3.05) is 0 Å². The Morgan fingerprint density at radius 3 is 2.04 bits per heavy atom. The van der Waals surface area contributed by atoms with Crippen molar-refractivity contribution in [1.82, 2.24) is 0 Å². The molecule has 4 heteroatoms. The van der Waals surface area contributed by atoms with Crippen LogP contribution in [0.3, 0.4) is 0 Å². The molecule has 0 bridgehead atoms. The highest BCUT2D eigenvalue weighted by molar-refractivity contribution is 7.86. The smallest absolute Gasteiger partial charge is 0.125 e. The highest BCUT2D eigenvalue weighted by atomic mass is 32.2. The van der Waals surface area contributed by atoms with Gasteiger partial charge in [-0.25, -0.2) is 8.42 Å². The first-order valence-corrected chi connectivity index (χ1v) is 8.68. The van der Waals surface area contributed by atoms with Crippen LogP contribution in [-0.2, 0) is 10.1 Å². The molecule has 0 aliphatic rings. The molecule has 0 amide bonds. The lowest BCUT2D eigenvalue weighted by Gasteiger charge is -2.18. The zero-order chi connectivity index (χ0) is 16.2. The number of benzene rings is 4. The predicted molar refractivity (Wildman–Crippen MR) is 91.7 cm³/mol. The zero-order valence-electron chi connectivity index (χ0n) is 12.4. The van der Waals surface area contributed by atoms with Gasteiger partial charge in [-0.3, -0.25) is 0 Å². The Bertz CT molecular complexity index is 1190. The first-order valence-electron chi connectivity index (χ1n) is 7.27. The molecule has 0 aliphatic heterocycles. The van der Waals surface area contributed by atoms with Crippen LogP contribution >= 0.6 is 0 Å². The highest BCUT2D eigenvalue weighted by Gasteiger charge is 2.17. The van der Waals surface area contributed by atoms with E-state index in [1.807, 2.05) is 55.5 Å². The normalized spacial score (nSPS) is 12.3. The Kier molecular flexibility index (Phi) is 2.95. The number of hydrogen-bond acceptors (Lipinski definition) is 3. The van der Waals surface area contributed by atoms with Gasteiger partial charge in [-0.15, -0.1) is 0 Å². The van der Waals surface area contributed by atoms with E-state index in [0.29, 0.717) is 10.8 Å². The third kappa shape index (κ3) is 2.03. The second kappa shape index (κ2) is 4.78. The summed E-state index contributed by atoms with van der Waals surface area (Å²) in [4.78, 5) is -0.120. The van der Waals surface area contributed by atoms with Gasteiger partial charge in [0.05, 0.1) is 4.90 Å². The highest BCUT2D eigenvalue weighted by Crippen LogP contribution is 2.38. The van der Waals surface area contributed by atoms with Crippen LogP contribution in [0.4, 0.5) is 0 Å². The summed E-state index contributed by atoms with van der Waals surface area (Å²) in [6.07, 6.45) is 0. The zero-order valence-corrected chi connectivity index (χ0v) is 13.2. The molecule has 3 nitrogen and oxygen atoms in total. The van der Waals surface area contributed by atoms with Crippen LogP contribution in [0.5, 0.6) is 0 Å². The number of fused-ring (bicyclic) bond motifs is 4. The summed E-state index contributed by atoms with van der Waals surface area (Å²) >= 11 is 0. The van der Waals surface area contributed by atoms with E-state index in [-0.39, 0.29) is 4.90 Å². The van der Waals surface area contributed by atoms with Crippen LogP contribution in [0.2, 0.25) is 0 Å². The van der Waals surface area contributed by atoms with E-state index in [0.717, 1.165) is 27.1 Å². The Morgan fingerprint density at radius 2 is 1.35 bits per heavy atom. The molecule has 0 radical (unpaired) electrons. The van der Waals surface area contributed by atoms with Gasteiger partial charge in [0.2, 0.25) is 0 Å². The van der Waals surface area contributed by atoms with E-state index < -0.39 is 10.1 Å². The van der Waals surface area contributed by atoms with Gasteiger partial charge in [-0.05, 0) is 34.0 Å². The van der Waals surface area contributed by atoms with Crippen molar-refractivity contribution < 1.29 is 13.0 Å². The second-order valence-electron chi connectivity index (χ2n) is 5.66. The SMILES string of the molecule is Cc1c2ccccc2c(S(=O)(=O)[O-])c2c1ccc1ccccc12. The molecule has 0 aromatic heterocycles. The molecule has 0 heterocycles. The van der Waals surface area contributed by atoms with Gasteiger partial charge in [0, 0.05) is 10.8 Å². The fourth-order valence-corrected chi connectivity index (χ4v) is 4.29. The van der Waals surface area contributed by atoms with Gasteiger partial charge in [-0.2, -0.15) is 0 Å². The van der Waals surface area contributed by atoms with Gasteiger partial charge < -0.3 is 4.55 Å². The first kappa shape index (κ1) is 14.2. The summed E-state index contributed by atoms with van der Waals surface area (Å²) in [5, 5.41) is 4.31. The standard InChI is InChI=1S/C19H14O3S/c1-12-14-7-4-5-9-17(14)19(23(20,21)22)18-15(12)11-10-13-6-2-3-8-16(13)18/h2-11H,1H3,(H,20,21,22)/p-1. The predicted octanol–water partition coefficient (Wildman–Crippen LogP) is 4.36. The quantitative estimate of drug-likeness (QED) is 0.297. The van der Waals surface area contributed by atoms with Crippen LogP contribution in [0.1, 0.15) is 5.56 Å². The molecule has 4 aromatic rings. The molecule has 0 fully saturated rings. The lowest BCUT2D eigenvalue weighted by Crippen LogP contribution is -2.02. The molecule has 114 valence electrons. The molecule has 0 N–H and O–H groups in total. The molecular weight excluding hydrogens is 308 g/mol. The van der Waals surface area contributed by atoms with Crippen LogP contribution in [0.15, 0.2) is 65.6 Å². The van der Waals surface area contributed by atoms with Gasteiger partial charge in [0.25, 0.3) is 0 Å². The van der Waals surface area contributed by atoms with Gasteiger partial charge in [0.15, 0.2) is 0 Å². The van der Waals surface area contributed by atoms with Crippen LogP contribution in [-0.4, -0.2) is 13.0 Å². The minimum Gasteiger partial charge on any atom is -0.744 e. The van der Waals surface area contributed by atoms with E-state index in [2.05, 4.69) is 0 Å². The van der Waals surface area contributed by atoms with Crippen LogP contribution in [0.25, 0.3) is 32.3 Å². The maximum absolute atomic E-state index is 12.1. The van der Waals surface area contributed by atoms with Crippen LogP contribution < -0.4 is 0 Å². The Labute approximate surface area is 133 Å². The molecule has 0 unspecified atom stereocenters. The Balaban J connectivity index is 2.46. The Morgan fingerprint density at radius 1 is 0.739 bits per heavy atom. The molecule has 23 heavy (non-hydrogen) atoms. The lowest BCUT2D eigenvalue weighted by molar-refractivity contribution is 0.465. The molecule has 0 saturated carbocycles.